The van der Waals surface area contributed by atoms with Gasteiger partial charge in [0.2, 0.25) is 5.91 Å². The Labute approximate surface area is 172 Å². The molecule has 0 heterocycles. The molecule has 1 amide bonds. The lowest BCUT2D eigenvalue weighted by molar-refractivity contribution is 0.100. The fraction of sp³-hybridized carbons (Fsp3) is 0.269. The first kappa shape index (κ1) is 18.1. The highest BCUT2D eigenvalue weighted by Crippen LogP contribution is 2.48. The van der Waals surface area contributed by atoms with E-state index in [1.807, 2.05) is 24.3 Å². The Kier molecular flexibility index (Phi) is 4.69. The Hall–Kier alpha value is -2.91. The van der Waals surface area contributed by atoms with Crippen LogP contribution in [0, 0.1) is 5.92 Å². The summed E-state index contributed by atoms with van der Waals surface area (Å²) in [4.78, 5) is 11.5. The molecule has 2 fully saturated rings. The topological polar surface area (TPSA) is 55.1 Å². The second-order valence-corrected chi connectivity index (χ2v) is 8.38. The monoisotopic (exact) mass is 382 g/mol. The lowest BCUT2D eigenvalue weighted by atomic mass is 9.88. The molecule has 0 unspecified atom stereocenters. The average Bonchev–Trinajstić information content (AvgIpc) is 3.67. The molecule has 146 valence electrons. The molecule has 3 nitrogen and oxygen atoms in total. The summed E-state index contributed by atoms with van der Waals surface area (Å²) < 4.78 is 0. The molecule has 3 aromatic rings. The highest BCUT2D eigenvalue weighted by Gasteiger charge is 2.40. The molecular formula is C26H26N2O. The van der Waals surface area contributed by atoms with Gasteiger partial charge in [0, 0.05) is 17.5 Å². The Morgan fingerprint density at radius 2 is 1.66 bits per heavy atom. The maximum atomic E-state index is 11.5. The van der Waals surface area contributed by atoms with Crippen LogP contribution in [0.4, 0.5) is 0 Å². The number of carbonyl (C=O) groups excluding carboxylic acids is 1. The van der Waals surface area contributed by atoms with E-state index in [2.05, 4.69) is 53.8 Å². The molecule has 2 atom stereocenters. The van der Waals surface area contributed by atoms with Crippen molar-refractivity contribution in [3.05, 3.63) is 83.9 Å². The van der Waals surface area contributed by atoms with Crippen molar-refractivity contribution in [2.45, 2.75) is 31.2 Å². The van der Waals surface area contributed by atoms with Gasteiger partial charge in [-0.2, -0.15) is 0 Å². The number of carbonyl (C=O) groups is 1. The Bertz CT molecular complexity index is 1020. The lowest BCUT2D eigenvalue weighted by Gasteiger charge is -2.16. The van der Waals surface area contributed by atoms with Gasteiger partial charge in [-0.1, -0.05) is 60.7 Å². The molecule has 0 spiro atoms. The summed E-state index contributed by atoms with van der Waals surface area (Å²) in [5.74, 6) is 1.07. The van der Waals surface area contributed by atoms with Gasteiger partial charge in [-0.15, -0.1) is 0 Å². The molecule has 0 saturated heterocycles. The summed E-state index contributed by atoms with van der Waals surface area (Å²) in [6.45, 7) is 1.16. The minimum atomic E-state index is -0.392. The second-order valence-electron chi connectivity index (χ2n) is 8.38. The van der Waals surface area contributed by atoms with E-state index in [1.165, 1.54) is 41.5 Å². The third kappa shape index (κ3) is 3.83. The van der Waals surface area contributed by atoms with Crippen molar-refractivity contribution in [1.29, 1.82) is 0 Å². The normalized spacial score (nSPS) is 20.4. The molecule has 0 bridgehead atoms. The predicted molar refractivity (Wildman–Crippen MR) is 118 cm³/mol. The van der Waals surface area contributed by atoms with Crippen LogP contribution in [0.25, 0.3) is 22.3 Å². The molecule has 3 aromatic carbocycles. The molecule has 3 heteroatoms. The largest absolute Gasteiger partial charge is 0.366 e. The first-order chi connectivity index (χ1) is 14.2. The van der Waals surface area contributed by atoms with Gasteiger partial charge in [0.05, 0.1) is 0 Å². The number of primary amides is 1. The molecule has 2 aliphatic carbocycles. The van der Waals surface area contributed by atoms with Crippen molar-refractivity contribution in [1.82, 2.24) is 5.32 Å². The number of nitrogens with two attached hydrogens (primary N) is 1. The van der Waals surface area contributed by atoms with Crippen LogP contribution in [0.15, 0.2) is 72.8 Å². The van der Waals surface area contributed by atoms with Crippen LogP contribution in [-0.4, -0.2) is 18.5 Å². The number of nitrogens with one attached hydrogen (secondary N) is 1. The number of amides is 1. The van der Waals surface area contributed by atoms with Crippen LogP contribution < -0.4 is 11.1 Å². The van der Waals surface area contributed by atoms with Crippen LogP contribution in [0.2, 0.25) is 0 Å². The van der Waals surface area contributed by atoms with Gasteiger partial charge in [-0.25, -0.2) is 0 Å². The fourth-order valence-corrected chi connectivity index (χ4v) is 4.27. The van der Waals surface area contributed by atoms with Crippen molar-refractivity contribution >= 4 is 5.91 Å². The van der Waals surface area contributed by atoms with E-state index < -0.39 is 5.91 Å². The average molecular weight is 383 g/mol. The van der Waals surface area contributed by atoms with Crippen LogP contribution >= 0.6 is 0 Å². The Morgan fingerprint density at radius 1 is 0.897 bits per heavy atom. The van der Waals surface area contributed by atoms with Crippen LogP contribution in [0.1, 0.15) is 41.1 Å². The third-order valence-electron chi connectivity index (χ3n) is 6.20. The molecule has 0 aliphatic heterocycles. The number of benzene rings is 3. The quantitative estimate of drug-likeness (QED) is 0.606. The fourth-order valence-electron chi connectivity index (χ4n) is 4.27. The first-order valence-corrected chi connectivity index (χ1v) is 10.5. The van der Waals surface area contributed by atoms with Crippen LogP contribution in [-0.2, 0) is 0 Å². The number of hydrogen-bond acceptors (Lipinski definition) is 2. The summed E-state index contributed by atoms with van der Waals surface area (Å²) in [5, 5.41) is 3.77. The van der Waals surface area contributed by atoms with Crippen molar-refractivity contribution in [2.75, 3.05) is 6.54 Å². The summed E-state index contributed by atoms with van der Waals surface area (Å²) in [6.07, 6.45) is 3.98. The lowest BCUT2D eigenvalue weighted by Crippen LogP contribution is -2.20. The van der Waals surface area contributed by atoms with Gasteiger partial charge >= 0.3 is 0 Å². The van der Waals surface area contributed by atoms with E-state index in [0.717, 1.165) is 18.0 Å². The van der Waals surface area contributed by atoms with E-state index in [4.69, 9.17) is 5.73 Å². The molecular weight excluding hydrogens is 356 g/mol. The molecule has 2 aliphatic rings. The van der Waals surface area contributed by atoms with E-state index in [-0.39, 0.29) is 0 Å². The second kappa shape index (κ2) is 7.49. The third-order valence-corrected chi connectivity index (χ3v) is 6.20. The molecule has 3 N–H and O–H groups in total. The first-order valence-electron chi connectivity index (χ1n) is 10.5. The Balaban J connectivity index is 1.53. The summed E-state index contributed by atoms with van der Waals surface area (Å²) in [6, 6.07) is 25.5. The Morgan fingerprint density at radius 3 is 2.34 bits per heavy atom. The zero-order valence-corrected chi connectivity index (χ0v) is 16.5. The number of hydrogen-bond donors (Lipinski definition) is 2. The van der Waals surface area contributed by atoms with Gasteiger partial charge in [0.1, 0.15) is 0 Å². The van der Waals surface area contributed by atoms with Crippen molar-refractivity contribution in [3.8, 4) is 22.3 Å². The predicted octanol–water partition coefficient (Wildman–Crippen LogP) is 4.98. The summed E-state index contributed by atoms with van der Waals surface area (Å²) in [7, 11) is 0. The summed E-state index contributed by atoms with van der Waals surface area (Å²) >= 11 is 0. The molecule has 5 rings (SSSR count). The van der Waals surface area contributed by atoms with Gasteiger partial charge in [0.25, 0.3) is 0 Å². The zero-order valence-electron chi connectivity index (χ0n) is 16.5. The standard InChI is InChI=1S/C26H26N2O/c27-26(29)20-13-11-18(12-14-20)21-7-4-8-22(25(21)19-5-2-1-3-6-19)23-15-24(23)28-16-17-9-10-17/h1-8,11-14,17,23-24,28H,9-10,15-16H2,(H2,27,29)/t23-,24+/m1/s1. The van der Waals surface area contributed by atoms with Gasteiger partial charge in [0.15, 0.2) is 0 Å². The highest BCUT2D eigenvalue weighted by atomic mass is 16.1. The van der Waals surface area contributed by atoms with E-state index in [9.17, 15) is 4.79 Å². The molecule has 0 aromatic heterocycles. The maximum absolute atomic E-state index is 11.5. The number of rotatable bonds is 7. The van der Waals surface area contributed by atoms with Crippen molar-refractivity contribution in [2.24, 2.45) is 11.7 Å². The van der Waals surface area contributed by atoms with Crippen LogP contribution in [0.3, 0.4) is 0 Å². The SMILES string of the molecule is NC(=O)c1ccc(-c2cccc([C@H]3C[C@@H]3NCC3CC3)c2-c2ccccc2)cc1. The van der Waals surface area contributed by atoms with Crippen molar-refractivity contribution in [3.63, 3.8) is 0 Å². The van der Waals surface area contributed by atoms with Gasteiger partial charge in [-0.05, 0) is 71.7 Å². The van der Waals surface area contributed by atoms with E-state index in [1.54, 1.807) is 0 Å². The van der Waals surface area contributed by atoms with Gasteiger partial charge in [-0.3, -0.25) is 4.79 Å². The van der Waals surface area contributed by atoms with E-state index >= 15 is 0 Å². The maximum Gasteiger partial charge on any atom is 0.248 e. The van der Waals surface area contributed by atoms with Crippen molar-refractivity contribution < 1.29 is 4.79 Å². The molecule has 0 radical (unpaired) electrons. The summed E-state index contributed by atoms with van der Waals surface area (Å²) in [5.41, 5.74) is 12.2. The van der Waals surface area contributed by atoms with E-state index in [0.29, 0.717) is 17.5 Å². The van der Waals surface area contributed by atoms with Gasteiger partial charge < -0.3 is 11.1 Å². The minimum Gasteiger partial charge on any atom is -0.366 e. The minimum absolute atomic E-state index is 0.392. The van der Waals surface area contributed by atoms with Crippen LogP contribution in [0.5, 0.6) is 0 Å². The molecule has 2 saturated carbocycles. The highest BCUT2D eigenvalue weighted by molar-refractivity contribution is 5.94. The zero-order chi connectivity index (χ0) is 19.8. The molecule has 29 heavy (non-hydrogen) atoms. The smallest absolute Gasteiger partial charge is 0.248 e.